The van der Waals surface area contributed by atoms with Crippen molar-refractivity contribution in [1.29, 1.82) is 0 Å². The molecule has 0 amide bonds. The summed E-state index contributed by atoms with van der Waals surface area (Å²) in [7, 11) is 3.71. The molecule has 0 bridgehead atoms. The van der Waals surface area contributed by atoms with E-state index >= 15 is 0 Å². The molecule has 1 aromatic carbocycles. The third kappa shape index (κ3) is 3.72. The SMILES string of the molecule is CCC(OC)C(NC)c1ccccc1OC(C)C. The van der Waals surface area contributed by atoms with Crippen LogP contribution in [0.5, 0.6) is 5.75 Å². The van der Waals surface area contributed by atoms with Crippen LogP contribution in [-0.4, -0.2) is 26.4 Å². The standard InChI is InChI=1S/C15H25NO2/c1-6-13(17-5)15(16-4)12-9-7-8-10-14(12)18-11(2)3/h7-11,13,15-16H,6H2,1-5H3. The van der Waals surface area contributed by atoms with Crippen molar-refractivity contribution in [1.82, 2.24) is 5.32 Å². The fourth-order valence-corrected chi connectivity index (χ4v) is 2.18. The smallest absolute Gasteiger partial charge is 0.124 e. The molecule has 2 unspecified atom stereocenters. The van der Waals surface area contributed by atoms with Gasteiger partial charge in [0.1, 0.15) is 5.75 Å². The fourth-order valence-electron chi connectivity index (χ4n) is 2.18. The van der Waals surface area contributed by atoms with E-state index in [0.29, 0.717) is 0 Å². The molecular formula is C15H25NO2. The molecule has 3 nitrogen and oxygen atoms in total. The Morgan fingerprint density at radius 1 is 1.22 bits per heavy atom. The van der Waals surface area contributed by atoms with E-state index in [1.807, 2.05) is 39.1 Å². The monoisotopic (exact) mass is 251 g/mol. The summed E-state index contributed by atoms with van der Waals surface area (Å²) < 4.78 is 11.4. The first-order chi connectivity index (χ1) is 8.63. The topological polar surface area (TPSA) is 30.5 Å². The summed E-state index contributed by atoms with van der Waals surface area (Å²) in [6.07, 6.45) is 1.27. The lowest BCUT2D eigenvalue weighted by molar-refractivity contribution is 0.0661. The molecule has 1 N–H and O–H groups in total. The predicted molar refractivity (Wildman–Crippen MR) is 75.1 cm³/mol. The number of rotatable bonds is 7. The highest BCUT2D eigenvalue weighted by atomic mass is 16.5. The maximum Gasteiger partial charge on any atom is 0.124 e. The van der Waals surface area contributed by atoms with Gasteiger partial charge >= 0.3 is 0 Å². The maximum atomic E-state index is 5.87. The van der Waals surface area contributed by atoms with Gasteiger partial charge in [0.05, 0.1) is 18.2 Å². The van der Waals surface area contributed by atoms with Gasteiger partial charge in [0.2, 0.25) is 0 Å². The van der Waals surface area contributed by atoms with Crippen molar-refractivity contribution in [2.24, 2.45) is 0 Å². The van der Waals surface area contributed by atoms with Crippen molar-refractivity contribution in [2.45, 2.75) is 45.4 Å². The molecule has 0 spiro atoms. The van der Waals surface area contributed by atoms with Crippen LogP contribution in [0.4, 0.5) is 0 Å². The van der Waals surface area contributed by atoms with Gasteiger partial charge < -0.3 is 14.8 Å². The van der Waals surface area contributed by atoms with Crippen LogP contribution in [0.2, 0.25) is 0 Å². The normalized spacial score (nSPS) is 14.6. The number of ether oxygens (including phenoxy) is 2. The lowest BCUT2D eigenvalue weighted by Gasteiger charge is -2.27. The Morgan fingerprint density at radius 3 is 2.39 bits per heavy atom. The summed E-state index contributed by atoms with van der Waals surface area (Å²) in [5, 5.41) is 3.33. The number of benzene rings is 1. The van der Waals surface area contributed by atoms with Gasteiger partial charge in [-0.2, -0.15) is 0 Å². The van der Waals surface area contributed by atoms with E-state index in [2.05, 4.69) is 18.3 Å². The molecule has 0 aliphatic carbocycles. The summed E-state index contributed by atoms with van der Waals surface area (Å²) in [6.45, 7) is 6.21. The van der Waals surface area contributed by atoms with Gasteiger partial charge in [-0.15, -0.1) is 0 Å². The molecule has 0 heterocycles. The molecule has 0 saturated carbocycles. The number of hydrogen-bond acceptors (Lipinski definition) is 3. The molecule has 0 aliphatic rings. The van der Waals surface area contributed by atoms with E-state index in [1.54, 1.807) is 7.11 Å². The van der Waals surface area contributed by atoms with Gasteiger partial charge in [-0.3, -0.25) is 0 Å². The molecule has 0 saturated heterocycles. The fraction of sp³-hybridized carbons (Fsp3) is 0.600. The van der Waals surface area contributed by atoms with Crippen molar-refractivity contribution in [3.63, 3.8) is 0 Å². The highest BCUT2D eigenvalue weighted by Gasteiger charge is 2.23. The second-order valence-electron chi connectivity index (χ2n) is 4.65. The van der Waals surface area contributed by atoms with Gasteiger partial charge in [-0.1, -0.05) is 25.1 Å². The Labute approximate surface area is 110 Å². The van der Waals surface area contributed by atoms with Crippen LogP contribution in [-0.2, 0) is 4.74 Å². The Kier molecular flexibility index (Phi) is 6.16. The Balaban J connectivity index is 3.04. The van der Waals surface area contributed by atoms with Crippen LogP contribution < -0.4 is 10.1 Å². The zero-order chi connectivity index (χ0) is 13.5. The highest BCUT2D eigenvalue weighted by Crippen LogP contribution is 2.29. The van der Waals surface area contributed by atoms with Crippen molar-refractivity contribution in [3.05, 3.63) is 29.8 Å². The van der Waals surface area contributed by atoms with Gasteiger partial charge in [-0.25, -0.2) is 0 Å². The zero-order valence-corrected chi connectivity index (χ0v) is 12.1. The third-order valence-electron chi connectivity index (χ3n) is 3.00. The number of nitrogens with one attached hydrogen (secondary N) is 1. The molecule has 1 aromatic rings. The van der Waals surface area contributed by atoms with Gasteiger partial charge in [-0.05, 0) is 33.4 Å². The summed E-state index contributed by atoms with van der Waals surface area (Å²) in [5.74, 6) is 0.933. The van der Waals surface area contributed by atoms with Crippen LogP contribution in [0.1, 0.15) is 38.8 Å². The van der Waals surface area contributed by atoms with E-state index in [-0.39, 0.29) is 18.2 Å². The second-order valence-corrected chi connectivity index (χ2v) is 4.65. The summed E-state index contributed by atoms with van der Waals surface area (Å²) in [6, 6.07) is 8.30. The minimum absolute atomic E-state index is 0.145. The molecule has 18 heavy (non-hydrogen) atoms. The van der Waals surface area contributed by atoms with Crippen LogP contribution in [0.3, 0.4) is 0 Å². The van der Waals surface area contributed by atoms with Crippen LogP contribution in [0.15, 0.2) is 24.3 Å². The molecule has 0 fully saturated rings. The van der Waals surface area contributed by atoms with E-state index in [0.717, 1.165) is 17.7 Å². The number of likely N-dealkylation sites (N-methyl/N-ethyl adjacent to an activating group) is 1. The lowest BCUT2D eigenvalue weighted by Crippen LogP contribution is -2.31. The molecule has 0 aliphatic heterocycles. The number of methoxy groups -OCH3 is 1. The molecule has 3 heteroatoms. The molecule has 2 atom stereocenters. The van der Waals surface area contributed by atoms with Crippen molar-refractivity contribution < 1.29 is 9.47 Å². The highest BCUT2D eigenvalue weighted by molar-refractivity contribution is 5.36. The Hall–Kier alpha value is -1.06. The van der Waals surface area contributed by atoms with Crippen LogP contribution >= 0.6 is 0 Å². The third-order valence-corrected chi connectivity index (χ3v) is 3.00. The molecule has 0 aromatic heterocycles. The number of hydrogen-bond donors (Lipinski definition) is 1. The van der Waals surface area contributed by atoms with E-state index in [4.69, 9.17) is 9.47 Å². The first kappa shape index (κ1) is 15.0. The Morgan fingerprint density at radius 2 is 1.89 bits per heavy atom. The molecule has 0 radical (unpaired) electrons. The van der Waals surface area contributed by atoms with Crippen molar-refractivity contribution in [3.8, 4) is 5.75 Å². The first-order valence-electron chi connectivity index (χ1n) is 6.59. The Bertz CT molecular complexity index is 348. The quantitative estimate of drug-likeness (QED) is 0.807. The van der Waals surface area contributed by atoms with Crippen molar-refractivity contribution in [2.75, 3.05) is 14.2 Å². The second kappa shape index (κ2) is 7.39. The minimum Gasteiger partial charge on any atom is -0.491 e. The van der Waals surface area contributed by atoms with Crippen LogP contribution in [0.25, 0.3) is 0 Å². The van der Waals surface area contributed by atoms with E-state index in [1.165, 1.54) is 0 Å². The van der Waals surface area contributed by atoms with Gasteiger partial charge in [0.25, 0.3) is 0 Å². The summed E-state index contributed by atoms with van der Waals surface area (Å²) in [4.78, 5) is 0. The number of para-hydroxylation sites is 1. The maximum absolute atomic E-state index is 5.87. The predicted octanol–water partition coefficient (Wildman–Crippen LogP) is 3.16. The van der Waals surface area contributed by atoms with E-state index in [9.17, 15) is 0 Å². The van der Waals surface area contributed by atoms with Crippen LogP contribution in [0, 0.1) is 0 Å². The zero-order valence-electron chi connectivity index (χ0n) is 12.1. The summed E-state index contributed by atoms with van der Waals surface area (Å²) in [5.41, 5.74) is 1.16. The van der Waals surface area contributed by atoms with Gasteiger partial charge in [0, 0.05) is 12.7 Å². The average Bonchev–Trinajstić information content (AvgIpc) is 2.36. The summed E-state index contributed by atoms with van der Waals surface area (Å²) >= 11 is 0. The first-order valence-corrected chi connectivity index (χ1v) is 6.59. The average molecular weight is 251 g/mol. The molecule has 102 valence electrons. The largest absolute Gasteiger partial charge is 0.491 e. The molecule has 1 rings (SSSR count). The van der Waals surface area contributed by atoms with E-state index < -0.39 is 0 Å². The minimum atomic E-state index is 0.145. The van der Waals surface area contributed by atoms with Gasteiger partial charge in [0.15, 0.2) is 0 Å². The van der Waals surface area contributed by atoms with Crippen molar-refractivity contribution >= 4 is 0 Å². The lowest BCUT2D eigenvalue weighted by atomic mass is 9.98. The molecular weight excluding hydrogens is 226 g/mol.